The molecule has 1 saturated heterocycles. The summed E-state index contributed by atoms with van der Waals surface area (Å²) in [5, 5.41) is 0. The lowest BCUT2D eigenvalue weighted by molar-refractivity contribution is 0.0623. The molecule has 6 heteroatoms. The molecule has 0 aliphatic carbocycles. The molecule has 0 radical (unpaired) electrons. The summed E-state index contributed by atoms with van der Waals surface area (Å²) < 4.78 is 21.7. The molecule has 1 aliphatic heterocycles. The SMILES string of the molecule is Cc1ccc(OC[C@H]2CCCN(C(=O)c3nc4ccccn4c3F)C2)cc1. The highest BCUT2D eigenvalue weighted by Gasteiger charge is 2.29. The van der Waals surface area contributed by atoms with Gasteiger partial charge in [0.05, 0.1) is 6.61 Å². The fraction of sp³-hybridized carbons (Fsp3) is 0.333. The third-order valence-corrected chi connectivity index (χ3v) is 4.99. The summed E-state index contributed by atoms with van der Waals surface area (Å²) >= 11 is 0. The number of amides is 1. The quantitative estimate of drug-likeness (QED) is 0.706. The Morgan fingerprint density at radius 3 is 2.85 bits per heavy atom. The molecule has 0 bridgehead atoms. The number of hydrogen-bond acceptors (Lipinski definition) is 3. The van der Waals surface area contributed by atoms with E-state index >= 15 is 0 Å². The molecule has 1 amide bonds. The van der Waals surface area contributed by atoms with Gasteiger partial charge in [-0.15, -0.1) is 0 Å². The first-order valence-corrected chi connectivity index (χ1v) is 9.23. The van der Waals surface area contributed by atoms with E-state index in [1.54, 1.807) is 29.3 Å². The Hall–Kier alpha value is -2.89. The summed E-state index contributed by atoms with van der Waals surface area (Å²) in [6.07, 6.45) is 3.44. The molecule has 1 fully saturated rings. The molecule has 1 aromatic carbocycles. The van der Waals surface area contributed by atoms with Crippen LogP contribution in [0.5, 0.6) is 5.75 Å². The maximum Gasteiger partial charge on any atom is 0.277 e. The van der Waals surface area contributed by atoms with Gasteiger partial charge in [-0.05, 0) is 44.0 Å². The number of likely N-dealkylation sites (tertiary alicyclic amines) is 1. The molecule has 1 aliphatic rings. The predicted octanol–water partition coefficient (Wildman–Crippen LogP) is 3.71. The Morgan fingerprint density at radius 1 is 1.26 bits per heavy atom. The van der Waals surface area contributed by atoms with E-state index in [0.717, 1.165) is 18.6 Å². The molecule has 3 aromatic rings. The number of ether oxygens (including phenoxy) is 1. The largest absolute Gasteiger partial charge is 0.493 e. The predicted molar refractivity (Wildman–Crippen MR) is 100 cm³/mol. The van der Waals surface area contributed by atoms with Gasteiger partial charge in [-0.1, -0.05) is 23.8 Å². The number of benzene rings is 1. The first-order chi connectivity index (χ1) is 13.1. The van der Waals surface area contributed by atoms with Gasteiger partial charge in [0.2, 0.25) is 5.95 Å². The first kappa shape index (κ1) is 17.5. The number of pyridine rings is 1. The van der Waals surface area contributed by atoms with E-state index in [0.29, 0.717) is 25.3 Å². The van der Waals surface area contributed by atoms with Gasteiger partial charge in [-0.3, -0.25) is 9.20 Å². The lowest BCUT2D eigenvalue weighted by Crippen LogP contribution is -2.42. The second-order valence-corrected chi connectivity index (χ2v) is 7.06. The number of rotatable bonds is 4. The van der Waals surface area contributed by atoms with Crippen molar-refractivity contribution in [3.8, 4) is 5.75 Å². The molecular weight excluding hydrogens is 345 g/mol. The van der Waals surface area contributed by atoms with Gasteiger partial charge in [-0.25, -0.2) is 4.98 Å². The summed E-state index contributed by atoms with van der Waals surface area (Å²) in [5.74, 6) is 0.101. The monoisotopic (exact) mass is 367 g/mol. The van der Waals surface area contributed by atoms with Gasteiger partial charge in [0.25, 0.3) is 5.91 Å². The Bertz CT molecular complexity index is 952. The van der Waals surface area contributed by atoms with Crippen molar-refractivity contribution >= 4 is 11.6 Å². The third-order valence-electron chi connectivity index (χ3n) is 4.99. The zero-order valence-electron chi connectivity index (χ0n) is 15.3. The van der Waals surface area contributed by atoms with E-state index in [-0.39, 0.29) is 17.5 Å². The molecule has 1 atom stereocenters. The van der Waals surface area contributed by atoms with E-state index in [4.69, 9.17) is 4.74 Å². The van der Waals surface area contributed by atoms with Crippen molar-refractivity contribution in [1.82, 2.24) is 14.3 Å². The number of carbonyl (C=O) groups is 1. The van der Waals surface area contributed by atoms with Crippen LogP contribution >= 0.6 is 0 Å². The molecule has 5 nitrogen and oxygen atoms in total. The van der Waals surface area contributed by atoms with Crippen molar-refractivity contribution < 1.29 is 13.9 Å². The number of imidazole rings is 1. The number of nitrogens with zero attached hydrogens (tertiary/aromatic N) is 3. The van der Waals surface area contributed by atoms with Crippen LogP contribution in [0.2, 0.25) is 0 Å². The lowest BCUT2D eigenvalue weighted by atomic mass is 9.98. The Morgan fingerprint density at radius 2 is 2.07 bits per heavy atom. The van der Waals surface area contributed by atoms with Crippen LogP contribution < -0.4 is 4.74 Å². The topological polar surface area (TPSA) is 46.8 Å². The first-order valence-electron chi connectivity index (χ1n) is 9.23. The van der Waals surface area contributed by atoms with Crippen molar-refractivity contribution in [2.24, 2.45) is 5.92 Å². The van der Waals surface area contributed by atoms with Crippen LogP contribution in [0.1, 0.15) is 28.9 Å². The van der Waals surface area contributed by atoms with E-state index in [1.807, 2.05) is 31.2 Å². The lowest BCUT2D eigenvalue weighted by Gasteiger charge is -2.32. The van der Waals surface area contributed by atoms with E-state index < -0.39 is 5.95 Å². The minimum Gasteiger partial charge on any atom is -0.493 e. The third kappa shape index (κ3) is 3.65. The minimum absolute atomic E-state index is 0.110. The van der Waals surface area contributed by atoms with Crippen molar-refractivity contribution in [3.05, 3.63) is 65.9 Å². The molecular formula is C21H22FN3O2. The minimum atomic E-state index is -0.603. The van der Waals surface area contributed by atoms with Crippen LogP contribution in [-0.4, -0.2) is 39.9 Å². The van der Waals surface area contributed by atoms with Gasteiger partial charge in [0.1, 0.15) is 11.4 Å². The average Bonchev–Trinajstić information content (AvgIpc) is 3.04. The Labute approximate surface area is 157 Å². The summed E-state index contributed by atoms with van der Waals surface area (Å²) in [4.78, 5) is 18.7. The van der Waals surface area contributed by atoms with E-state index in [1.165, 1.54) is 9.96 Å². The Balaban J connectivity index is 1.43. The van der Waals surface area contributed by atoms with Crippen LogP contribution in [0.25, 0.3) is 5.65 Å². The van der Waals surface area contributed by atoms with Crippen LogP contribution in [-0.2, 0) is 0 Å². The highest BCUT2D eigenvalue weighted by molar-refractivity contribution is 5.93. The maximum absolute atomic E-state index is 14.6. The molecule has 4 rings (SSSR count). The Kier molecular flexibility index (Phi) is 4.79. The summed E-state index contributed by atoms with van der Waals surface area (Å²) in [6.45, 7) is 3.75. The second-order valence-electron chi connectivity index (χ2n) is 7.06. The standard InChI is InChI=1S/C21H22FN3O2/c1-15-7-9-17(10-8-15)27-14-16-5-4-11-24(13-16)21(26)19-20(22)25-12-3-2-6-18(25)23-19/h2-3,6-10,12,16H,4-5,11,13-14H2,1H3/t16-/m0/s1. The zero-order valence-corrected chi connectivity index (χ0v) is 15.3. The van der Waals surface area contributed by atoms with Gasteiger partial charge in [-0.2, -0.15) is 4.39 Å². The summed E-state index contributed by atoms with van der Waals surface area (Å²) in [7, 11) is 0. The maximum atomic E-state index is 14.6. The van der Waals surface area contributed by atoms with Gasteiger partial charge in [0.15, 0.2) is 5.69 Å². The van der Waals surface area contributed by atoms with Gasteiger partial charge < -0.3 is 9.64 Å². The normalized spacial score (nSPS) is 17.3. The smallest absolute Gasteiger partial charge is 0.277 e. The van der Waals surface area contributed by atoms with Crippen LogP contribution in [0.15, 0.2) is 48.7 Å². The molecule has 0 spiro atoms. The number of carbonyl (C=O) groups excluding carboxylic acids is 1. The number of aromatic nitrogens is 2. The fourth-order valence-corrected chi connectivity index (χ4v) is 3.49. The van der Waals surface area contributed by atoms with Crippen molar-refractivity contribution in [1.29, 1.82) is 0 Å². The van der Waals surface area contributed by atoms with E-state index in [9.17, 15) is 9.18 Å². The number of aryl methyl sites for hydroxylation is 1. The molecule has 3 heterocycles. The highest BCUT2D eigenvalue weighted by atomic mass is 19.1. The number of fused-ring (bicyclic) bond motifs is 1. The summed E-state index contributed by atoms with van der Waals surface area (Å²) in [5.41, 5.74) is 1.52. The zero-order chi connectivity index (χ0) is 18.8. The average molecular weight is 367 g/mol. The number of piperidine rings is 1. The van der Waals surface area contributed by atoms with Crippen LogP contribution in [0.4, 0.5) is 4.39 Å². The van der Waals surface area contributed by atoms with Crippen molar-refractivity contribution in [2.75, 3.05) is 19.7 Å². The fourth-order valence-electron chi connectivity index (χ4n) is 3.49. The van der Waals surface area contributed by atoms with Crippen molar-refractivity contribution in [2.45, 2.75) is 19.8 Å². The van der Waals surface area contributed by atoms with E-state index in [2.05, 4.69) is 4.98 Å². The van der Waals surface area contributed by atoms with Crippen LogP contribution in [0.3, 0.4) is 0 Å². The van der Waals surface area contributed by atoms with Crippen LogP contribution in [0, 0.1) is 18.8 Å². The van der Waals surface area contributed by atoms with Gasteiger partial charge >= 0.3 is 0 Å². The molecule has 140 valence electrons. The van der Waals surface area contributed by atoms with Crippen molar-refractivity contribution in [3.63, 3.8) is 0 Å². The molecule has 0 N–H and O–H groups in total. The summed E-state index contributed by atoms with van der Waals surface area (Å²) in [6, 6.07) is 13.1. The number of halogens is 1. The number of hydrogen-bond donors (Lipinski definition) is 0. The molecule has 0 saturated carbocycles. The molecule has 27 heavy (non-hydrogen) atoms. The highest BCUT2D eigenvalue weighted by Crippen LogP contribution is 2.22. The molecule has 0 unspecified atom stereocenters. The second kappa shape index (κ2) is 7.39. The molecule has 2 aromatic heterocycles. The van der Waals surface area contributed by atoms with Gasteiger partial charge in [0, 0.05) is 25.2 Å².